The van der Waals surface area contributed by atoms with Crippen LogP contribution in [0.5, 0.6) is 0 Å². The number of aromatic nitrogens is 3. The number of benzene rings is 1. The van der Waals surface area contributed by atoms with E-state index in [2.05, 4.69) is 9.97 Å². The Balaban J connectivity index is 2.44. The van der Waals surface area contributed by atoms with E-state index < -0.39 is 9.84 Å². The van der Waals surface area contributed by atoms with Gasteiger partial charge in [-0.25, -0.2) is 18.4 Å². The molecule has 0 aliphatic rings. The van der Waals surface area contributed by atoms with Crippen molar-refractivity contribution in [1.82, 2.24) is 14.5 Å². The highest BCUT2D eigenvalue weighted by Gasteiger charge is 2.18. The van der Waals surface area contributed by atoms with Crippen molar-refractivity contribution in [3.63, 3.8) is 0 Å². The topological polar surface area (TPSA) is 81.9 Å². The molecule has 0 saturated heterocycles. The van der Waals surface area contributed by atoms with Crippen LogP contribution in [-0.4, -0.2) is 29.2 Å². The molecule has 124 valence electrons. The molecule has 0 saturated carbocycles. The molecule has 6 nitrogen and oxygen atoms in total. The Morgan fingerprint density at radius 2 is 1.83 bits per heavy atom. The van der Waals surface area contributed by atoms with Crippen molar-refractivity contribution >= 4 is 20.6 Å². The first-order valence-corrected chi connectivity index (χ1v) is 9.36. The molecule has 0 radical (unpaired) electrons. The van der Waals surface area contributed by atoms with Crippen LogP contribution >= 0.6 is 0 Å². The lowest BCUT2D eigenvalue weighted by molar-refractivity contribution is 0.593. The zero-order valence-electron chi connectivity index (χ0n) is 13.6. The zero-order chi connectivity index (χ0) is 17.5. The van der Waals surface area contributed by atoms with Gasteiger partial charge in [0.25, 0.3) is 5.56 Å². The summed E-state index contributed by atoms with van der Waals surface area (Å²) in [5, 5.41) is 1.10. The van der Waals surface area contributed by atoms with E-state index in [1.165, 1.54) is 4.57 Å². The molecular formula is C17H17N3O3S. The van der Waals surface area contributed by atoms with Gasteiger partial charge in [-0.2, -0.15) is 0 Å². The Bertz CT molecular complexity index is 1100. The average Bonchev–Trinajstić information content (AvgIpc) is 2.57. The van der Waals surface area contributed by atoms with E-state index in [-0.39, 0.29) is 10.7 Å². The number of aryl methyl sites for hydroxylation is 2. The third-order valence-corrected chi connectivity index (χ3v) is 4.76. The van der Waals surface area contributed by atoms with E-state index in [0.717, 1.165) is 22.8 Å². The number of nitrogens with zero attached hydrogens (tertiary/aromatic N) is 3. The molecule has 0 fully saturated rings. The first-order chi connectivity index (χ1) is 11.3. The third-order valence-electron chi connectivity index (χ3n) is 3.90. The van der Waals surface area contributed by atoms with E-state index in [9.17, 15) is 13.2 Å². The number of rotatable bonds is 3. The van der Waals surface area contributed by atoms with Crippen LogP contribution in [-0.2, 0) is 23.3 Å². The second kappa shape index (κ2) is 5.83. The van der Waals surface area contributed by atoms with E-state index in [1.807, 2.05) is 19.1 Å². The molecule has 0 aliphatic heterocycles. The number of pyridine rings is 1. The van der Waals surface area contributed by atoms with Crippen molar-refractivity contribution in [2.75, 3.05) is 6.26 Å². The molecule has 0 aliphatic carbocycles. The molecule has 0 atom stereocenters. The summed E-state index contributed by atoms with van der Waals surface area (Å²) in [5.74, 6) is 0. The highest BCUT2D eigenvalue weighted by molar-refractivity contribution is 7.90. The standard InChI is InChI=1S/C17H17N3O3S/c1-4-11-9-18-17(24(3,22)23)19-15(11)14-10-20(2)16(21)13-8-6-5-7-12(13)14/h5-10H,4H2,1-3H3. The third kappa shape index (κ3) is 2.71. The van der Waals surface area contributed by atoms with Gasteiger partial charge in [0, 0.05) is 36.6 Å². The minimum Gasteiger partial charge on any atom is -0.317 e. The zero-order valence-corrected chi connectivity index (χ0v) is 14.5. The predicted octanol–water partition coefficient (Wildman–Crippen LogP) is 1.96. The lowest BCUT2D eigenvalue weighted by Crippen LogP contribution is -2.17. The summed E-state index contributed by atoms with van der Waals surface area (Å²) >= 11 is 0. The summed E-state index contributed by atoms with van der Waals surface area (Å²) in [6, 6.07) is 7.24. The lowest BCUT2D eigenvalue weighted by Gasteiger charge is -2.12. The molecule has 0 unspecified atom stereocenters. The van der Waals surface area contributed by atoms with Crippen molar-refractivity contribution in [2.45, 2.75) is 18.5 Å². The van der Waals surface area contributed by atoms with Gasteiger partial charge in [-0.1, -0.05) is 25.1 Å². The van der Waals surface area contributed by atoms with Gasteiger partial charge in [-0.15, -0.1) is 0 Å². The normalized spacial score (nSPS) is 11.8. The molecule has 1 aromatic carbocycles. The van der Waals surface area contributed by atoms with Gasteiger partial charge >= 0.3 is 0 Å². The van der Waals surface area contributed by atoms with Crippen molar-refractivity contribution in [1.29, 1.82) is 0 Å². The Morgan fingerprint density at radius 1 is 1.17 bits per heavy atom. The fraction of sp³-hybridized carbons (Fsp3) is 0.235. The molecule has 3 rings (SSSR count). The van der Waals surface area contributed by atoms with Gasteiger partial charge in [-0.3, -0.25) is 4.79 Å². The van der Waals surface area contributed by atoms with Gasteiger partial charge < -0.3 is 4.57 Å². The van der Waals surface area contributed by atoms with Gasteiger partial charge in [0.05, 0.1) is 5.69 Å². The summed E-state index contributed by atoms with van der Waals surface area (Å²) < 4.78 is 25.1. The molecule has 24 heavy (non-hydrogen) atoms. The van der Waals surface area contributed by atoms with Crippen molar-refractivity contribution < 1.29 is 8.42 Å². The maximum absolute atomic E-state index is 12.3. The number of hydrogen-bond donors (Lipinski definition) is 0. The summed E-state index contributed by atoms with van der Waals surface area (Å²) in [6.45, 7) is 1.95. The molecule has 7 heteroatoms. The molecule has 2 aromatic heterocycles. The summed E-state index contributed by atoms with van der Waals surface area (Å²) in [5.41, 5.74) is 1.98. The Labute approximate surface area is 139 Å². The molecule has 2 heterocycles. The van der Waals surface area contributed by atoms with Crippen LogP contribution in [0.3, 0.4) is 0 Å². The maximum Gasteiger partial charge on any atom is 0.258 e. The van der Waals surface area contributed by atoms with Crippen LogP contribution in [0.2, 0.25) is 0 Å². The summed E-state index contributed by atoms with van der Waals surface area (Å²) in [6.07, 6.45) is 4.96. The smallest absolute Gasteiger partial charge is 0.258 e. The van der Waals surface area contributed by atoms with E-state index in [0.29, 0.717) is 17.5 Å². The summed E-state index contributed by atoms with van der Waals surface area (Å²) in [4.78, 5) is 20.6. The highest BCUT2D eigenvalue weighted by Crippen LogP contribution is 2.28. The van der Waals surface area contributed by atoms with Gasteiger partial charge in [-0.05, 0) is 23.4 Å². The Kier molecular flexibility index (Phi) is 3.96. The fourth-order valence-corrected chi connectivity index (χ4v) is 3.17. The van der Waals surface area contributed by atoms with Gasteiger partial charge in [0.2, 0.25) is 15.0 Å². The highest BCUT2D eigenvalue weighted by atomic mass is 32.2. The second-order valence-corrected chi connectivity index (χ2v) is 7.57. The van der Waals surface area contributed by atoms with Crippen LogP contribution in [0.25, 0.3) is 22.0 Å². The predicted molar refractivity (Wildman–Crippen MR) is 92.7 cm³/mol. The van der Waals surface area contributed by atoms with Crippen LogP contribution in [0.1, 0.15) is 12.5 Å². The largest absolute Gasteiger partial charge is 0.317 e. The lowest BCUT2D eigenvalue weighted by atomic mass is 10.0. The SMILES string of the molecule is CCc1cnc(S(C)(=O)=O)nc1-c1cn(C)c(=O)c2ccccc12. The molecule has 0 spiro atoms. The minimum atomic E-state index is -3.52. The minimum absolute atomic E-state index is 0.107. The van der Waals surface area contributed by atoms with E-state index in [4.69, 9.17) is 0 Å². The number of fused-ring (bicyclic) bond motifs is 1. The number of hydrogen-bond acceptors (Lipinski definition) is 5. The van der Waals surface area contributed by atoms with Crippen LogP contribution < -0.4 is 5.56 Å². The van der Waals surface area contributed by atoms with Crippen molar-refractivity contribution in [2.24, 2.45) is 7.05 Å². The molecule has 0 bridgehead atoms. The average molecular weight is 343 g/mol. The Hall–Kier alpha value is -2.54. The first kappa shape index (κ1) is 16.3. The van der Waals surface area contributed by atoms with Gasteiger partial charge in [0.15, 0.2) is 0 Å². The quantitative estimate of drug-likeness (QED) is 0.679. The first-order valence-electron chi connectivity index (χ1n) is 7.47. The maximum atomic E-state index is 12.3. The van der Waals surface area contributed by atoms with Crippen LogP contribution in [0.4, 0.5) is 0 Å². The van der Waals surface area contributed by atoms with Crippen molar-refractivity contribution in [3.05, 3.63) is 52.6 Å². The van der Waals surface area contributed by atoms with E-state index >= 15 is 0 Å². The molecule has 0 N–H and O–H groups in total. The number of sulfone groups is 1. The molecule has 3 aromatic rings. The second-order valence-electron chi connectivity index (χ2n) is 5.66. The fourth-order valence-electron chi connectivity index (χ4n) is 2.67. The van der Waals surface area contributed by atoms with E-state index in [1.54, 1.807) is 31.6 Å². The molecule has 0 amide bonds. The van der Waals surface area contributed by atoms with Crippen molar-refractivity contribution in [3.8, 4) is 11.3 Å². The summed E-state index contributed by atoms with van der Waals surface area (Å²) in [7, 11) is -1.85. The molecular weight excluding hydrogens is 326 g/mol. The van der Waals surface area contributed by atoms with Crippen LogP contribution in [0.15, 0.2) is 46.6 Å². The monoisotopic (exact) mass is 343 g/mol. The Morgan fingerprint density at radius 3 is 2.46 bits per heavy atom. The van der Waals surface area contributed by atoms with Crippen LogP contribution in [0, 0.1) is 0 Å². The van der Waals surface area contributed by atoms with Gasteiger partial charge in [0.1, 0.15) is 0 Å².